The Bertz CT molecular complexity index is 263. The van der Waals surface area contributed by atoms with Crippen LogP contribution >= 0.6 is 0 Å². The third-order valence-corrected chi connectivity index (χ3v) is 3.27. The summed E-state index contributed by atoms with van der Waals surface area (Å²) in [6, 6.07) is -0.204. The van der Waals surface area contributed by atoms with E-state index in [1.54, 1.807) is 0 Å². The molecule has 4 heteroatoms. The number of amides is 2. The molecule has 1 fully saturated rings. The van der Waals surface area contributed by atoms with Gasteiger partial charge in [0.1, 0.15) is 0 Å². The van der Waals surface area contributed by atoms with Gasteiger partial charge in [0.2, 0.25) is 0 Å². The van der Waals surface area contributed by atoms with Crippen molar-refractivity contribution in [3.05, 3.63) is 0 Å². The summed E-state index contributed by atoms with van der Waals surface area (Å²) in [5.74, 6) is 0.693. The van der Waals surface area contributed by atoms with Crippen LogP contribution in [-0.4, -0.2) is 28.8 Å². The van der Waals surface area contributed by atoms with Crippen molar-refractivity contribution in [3.63, 3.8) is 0 Å². The van der Waals surface area contributed by atoms with Crippen LogP contribution in [-0.2, 0) is 0 Å². The van der Waals surface area contributed by atoms with E-state index in [0.717, 1.165) is 25.7 Å². The van der Waals surface area contributed by atoms with Crippen LogP contribution in [0.25, 0.3) is 0 Å². The maximum Gasteiger partial charge on any atom is 0.315 e. The average molecular weight is 242 g/mol. The van der Waals surface area contributed by atoms with Gasteiger partial charge in [0, 0.05) is 12.1 Å². The second-order valence-corrected chi connectivity index (χ2v) is 6.46. The Kier molecular flexibility index (Phi) is 4.42. The van der Waals surface area contributed by atoms with E-state index in [-0.39, 0.29) is 11.6 Å². The van der Waals surface area contributed by atoms with E-state index in [1.165, 1.54) is 0 Å². The molecule has 0 aromatic heterocycles. The van der Waals surface area contributed by atoms with Crippen molar-refractivity contribution in [2.75, 3.05) is 6.54 Å². The van der Waals surface area contributed by atoms with Crippen molar-refractivity contribution >= 4 is 6.03 Å². The summed E-state index contributed by atoms with van der Waals surface area (Å²) in [7, 11) is 0. The number of hydrogen-bond donors (Lipinski definition) is 3. The number of hydrogen-bond acceptors (Lipinski definition) is 2. The minimum Gasteiger partial charge on any atom is -0.388 e. The molecule has 1 aliphatic carbocycles. The minimum atomic E-state index is -0.707. The largest absolute Gasteiger partial charge is 0.388 e. The first kappa shape index (κ1) is 14.3. The van der Waals surface area contributed by atoms with Gasteiger partial charge in [0.05, 0.1) is 5.60 Å². The molecule has 0 bridgehead atoms. The summed E-state index contributed by atoms with van der Waals surface area (Å²) in [6.45, 7) is 8.36. The highest BCUT2D eigenvalue weighted by Gasteiger charge is 2.32. The lowest BCUT2D eigenvalue weighted by molar-refractivity contribution is -0.00401. The van der Waals surface area contributed by atoms with Crippen LogP contribution in [0.1, 0.15) is 53.4 Å². The fraction of sp³-hybridized carbons (Fsp3) is 0.923. The number of aliphatic hydroxyl groups is 1. The van der Waals surface area contributed by atoms with Gasteiger partial charge >= 0.3 is 6.03 Å². The Balaban J connectivity index is 2.32. The molecule has 0 aromatic carbocycles. The maximum absolute atomic E-state index is 11.6. The van der Waals surface area contributed by atoms with Crippen molar-refractivity contribution in [1.29, 1.82) is 0 Å². The molecule has 0 aromatic rings. The Hall–Kier alpha value is -0.770. The number of rotatable bonds is 2. The van der Waals surface area contributed by atoms with Gasteiger partial charge in [-0.05, 0) is 52.4 Å². The van der Waals surface area contributed by atoms with Crippen molar-refractivity contribution in [2.45, 2.75) is 64.5 Å². The molecule has 3 N–H and O–H groups in total. The predicted molar refractivity (Wildman–Crippen MR) is 68.9 cm³/mol. The van der Waals surface area contributed by atoms with Gasteiger partial charge in [0.25, 0.3) is 0 Å². The van der Waals surface area contributed by atoms with Crippen LogP contribution in [0.3, 0.4) is 0 Å². The molecule has 17 heavy (non-hydrogen) atoms. The second-order valence-electron chi connectivity index (χ2n) is 6.46. The van der Waals surface area contributed by atoms with E-state index >= 15 is 0 Å². The molecule has 2 amide bonds. The molecular formula is C13H26N2O2. The van der Waals surface area contributed by atoms with E-state index in [1.807, 2.05) is 20.8 Å². The number of nitrogens with one attached hydrogen (secondary N) is 2. The molecule has 1 rings (SSSR count). The smallest absolute Gasteiger partial charge is 0.315 e. The topological polar surface area (TPSA) is 61.4 Å². The van der Waals surface area contributed by atoms with Crippen LogP contribution in [0.5, 0.6) is 0 Å². The van der Waals surface area contributed by atoms with Gasteiger partial charge in [0.15, 0.2) is 0 Å². The van der Waals surface area contributed by atoms with Crippen LogP contribution < -0.4 is 10.6 Å². The average Bonchev–Trinajstić information content (AvgIpc) is 2.18. The van der Waals surface area contributed by atoms with E-state index < -0.39 is 5.60 Å². The zero-order chi connectivity index (χ0) is 13.1. The Morgan fingerprint density at radius 3 is 2.35 bits per heavy atom. The highest BCUT2D eigenvalue weighted by molar-refractivity contribution is 5.74. The number of urea groups is 1. The molecule has 1 aliphatic rings. The van der Waals surface area contributed by atoms with Gasteiger partial charge in [-0.15, -0.1) is 0 Å². The fourth-order valence-corrected chi connectivity index (χ4v) is 2.11. The molecule has 4 nitrogen and oxygen atoms in total. The number of carbonyl (C=O) groups is 1. The van der Waals surface area contributed by atoms with Crippen LogP contribution in [0.4, 0.5) is 4.79 Å². The summed E-state index contributed by atoms with van der Waals surface area (Å²) in [4.78, 5) is 11.6. The summed E-state index contributed by atoms with van der Waals surface area (Å²) >= 11 is 0. The standard InChI is InChI=1S/C13H26N2O2/c1-10-5-7-13(17,8-6-10)9-14-11(16)15-12(2,3)4/h10,17H,5-9H2,1-4H3,(H2,14,15,16). The van der Waals surface area contributed by atoms with Crippen LogP contribution in [0.15, 0.2) is 0 Å². The normalized spacial score (nSPS) is 29.8. The molecule has 0 heterocycles. The molecule has 1 saturated carbocycles. The molecule has 0 spiro atoms. The quantitative estimate of drug-likeness (QED) is 0.694. The summed E-state index contributed by atoms with van der Waals surface area (Å²) in [6.07, 6.45) is 3.64. The van der Waals surface area contributed by atoms with Gasteiger partial charge in [-0.2, -0.15) is 0 Å². The predicted octanol–water partition coefficient (Wildman–Crippen LogP) is 2.03. The molecule has 0 unspecified atom stereocenters. The Morgan fingerprint density at radius 1 is 1.35 bits per heavy atom. The SMILES string of the molecule is CC1CCC(O)(CNC(=O)NC(C)(C)C)CC1. The molecule has 0 radical (unpaired) electrons. The lowest BCUT2D eigenvalue weighted by atomic mass is 9.79. The van der Waals surface area contributed by atoms with Gasteiger partial charge in [-0.3, -0.25) is 0 Å². The highest BCUT2D eigenvalue weighted by Crippen LogP contribution is 2.31. The monoisotopic (exact) mass is 242 g/mol. The first-order valence-electron chi connectivity index (χ1n) is 6.49. The van der Waals surface area contributed by atoms with E-state index in [2.05, 4.69) is 17.6 Å². The van der Waals surface area contributed by atoms with Crippen LogP contribution in [0.2, 0.25) is 0 Å². The third-order valence-electron chi connectivity index (χ3n) is 3.27. The molecular weight excluding hydrogens is 216 g/mol. The van der Waals surface area contributed by atoms with Gasteiger partial charge < -0.3 is 15.7 Å². The molecule has 0 saturated heterocycles. The van der Waals surface area contributed by atoms with Crippen molar-refractivity contribution in [3.8, 4) is 0 Å². The summed E-state index contributed by atoms with van der Waals surface area (Å²) in [5, 5.41) is 15.9. The lowest BCUT2D eigenvalue weighted by Crippen LogP contribution is -2.51. The first-order valence-corrected chi connectivity index (χ1v) is 6.49. The fourth-order valence-electron chi connectivity index (χ4n) is 2.11. The van der Waals surface area contributed by atoms with E-state index in [0.29, 0.717) is 12.5 Å². The lowest BCUT2D eigenvalue weighted by Gasteiger charge is -2.35. The molecule has 100 valence electrons. The minimum absolute atomic E-state index is 0.204. The van der Waals surface area contributed by atoms with Crippen molar-refractivity contribution in [1.82, 2.24) is 10.6 Å². The Morgan fingerprint density at radius 2 is 1.88 bits per heavy atom. The maximum atomic E-state index is 11.6. The zero-order valence-electron chi connectivity index (χ0n) is 11.5. The van der Waals surface area contributed by atoms with Gasteiger partial charge in [-0.25, -0.2) is 4.79 Å². The third kappa shape index (κ3) is 5.39. The number of carbonyl (C=O) groups excluding carboxylic acids is 1. The Labute approximate surface area is 104 Å². The first-order chi connectivity index (χ1) is 7.70. The zero-order valence-corrected chi connectivity index (χ0v) is 11.5. The van der Waals surface area contributed by atoms with E-state index in [9.17, 15) is 9.90 Å². The molecule has 0 aliphatic heterocycles. The highest BCUT2D eigenvalue weighted by atomic mass is 16.3. The summed E-state index contributed by atoms with van der Waals surface area (Å²) in [5.41, 5.74) is -0.949. The van der Waals surface area contributed by atoms with Crippen molar-refractivity contribution in [2.24, 2.45) is 5.92 Å². The van der Waals surface area contributed by atoms with Crippen LogP contribution in [0, 0.1) is 5.92 Å². The van der Waals surface area contributed by atoms with Gasteiger partial charge in [-0.1, -0.05) is 6.92 Å². The van der Waals surface area contributed by atoms with E-state index in [4.69, 9.17) is 0 Å². The summed E-state index contributed by atoms with van der Waals surface area (Å²) < 4.78 is 0. The van der Waals surface area contributed by atoms with Crippen molar-refractivity contribution < 1.29 is 9.90 Å². The molecule has 0 atom stereocenters. The second kappa shape index (κ2) is 5.25.